The lowest BCUT2D eigenvalue weighted by Gasteiger charge is -2.44. The number of hydrogen-bond acceptors (Lipinski definition) is 4. The number of carbonyl (C=O) groups is 1. The first-order valence-electron chi connectivity index (χ1n) is 12.9. The lowest BCUT2D eigenvalue weighted by Crippen LogP contribution is -2.47. The van der Waals surface area contributed by atoms with Crippen LogP contribution < -0.4 is 19.4 Å². The quantitative estimate of drug-likeness (QED) is 0.314. The first-order valence-corrected chi connectivity index (χ1v) is 12.9. The number of ether oxygens (including phenoxy) is 1. The van der Waals surface area contributed by atoms with E-state index in [1.807, 2.05) is 67.5 Å². The fourth-order valence-electron chi connectivity index (χ4n) is 5.91. The second-order valence-corrected chi connectivity index (χ2v) is 9.76. The highest BCUT2D eigenvalue weighted by atomic mass is 16.5. The van der Waals surface area contributed by atoms with Crippen molar-refractivity contribution in [3.63, 3.8) is 0 Å². The summed E-state index contributed by atoms with van der Waals surface area (Å²) in [6, 6.07) is 30.7. The molecule has 1 atom stereocenters. The van der Waals surface area contributed by atoms with Crippen LogP contribution in [0.3, 0.4) is 0 Å². The summed E-state index contributed by atoms with van der Waals surface area (Å²) in [5.41, 5.74) is 5.77. The topological polar surface area (TPSA) is 36.0 Å². The van der Waals surface area contributed by atoms with Crippen LogP contribution in [0.2, 0.25) is 0 Å². The van der Waals surface area contributed by atoms with E-state index in [-0.39, 0.29) is 5.91 Å². The van der Waals surface area contributed by atoms with Crippen LogP contribution in [0.4, 0.5) is 17.1 Å². The zero-order valence-electron chi connectivity index (χ0n) is 21.7. The zero-order valence-corrected chi connectivity index (χ0v) is 21.7. The highest BCUT2D eigenvalue weighted by Gasteiger charge is 2.56. The molecule has 0 N–H and O–H groups in total. The molecule has 1 unspecified atom stereocenters. The predicted molar refractivity (Wildman–Crippen MR) is 150 cm³/mol. The molecule has 186 valence electrons. The summed E-state index contributed by atoms with van der Waals surface area (Å²) in [5, 5.41) is 0. The van der Waals surface area contributed by atoms with Crippen LogP contribution in [0.15, 0.2) is 91.0 Å². The summed E-state index contributed by atoms with van der Waals surface area (Å²) in [5.74, 6) is 1.53. The second kappa shape index (κ2) is 8.70. The van der Waals surface area contributed by atoms with E-state index < -0.39 is 5.54 Å². The van der Waals surface area contributed by atoms with E-state index in [1.54, 1.807) is 0 Å². The maximum atomic E-state index is 14.2. The highest BCUT2D eigenvalue weighted by Crippen LogP contribution is 2.59. The molecule has 0 bridgehead atoms. The molecule has 0 fully saturated rings. The molecule has 0 saturated heterocycles. The summed E-state index contributed by atoms with van der Waals surface area (Å²) in [4.78, 5) is 20.5. The summed E-state index contributed by atoms with van der Waals surface area (Å²) >= 11 is 0. The van der Waals surface area contributed by atoms with Gasteiger partial charge in [-0.2, -0.15) is 0 Å². The molecule has 6 rings (SSSR count). The average molecular weight is 490 g/mol. The second-order valence-electron chi connectivity index (χ2n) is 9.76. The molecule has 0 aromatic heterocycles. The van der Waals surface area contributed by atoms with Crippen molar-refractivity contribution in [2.45, 2.75) is 19.4 Å². The van der Waals surface area contributed by atoms with Gasteiger partial charge in [0.2, 0.25) is 0 Å². The minimum atomic E-state index is -0.857. The summed E-state index contributed by atoms with van der Waals surface area (Å²) in [6.07, 6.45) is 0. The van der Waals surface area contributed by atoms with Gasteiger partial charge in [-0.1, -0.05) is 48.5 Å². The molecule has 37 heavy (non-hydrogen) atoms. The number of benzene rings is 4. The van der Waals surface area contributed by atoms with Gasteiger partial charge in [-0.3, -0.25) is 9.69 Å². The SMILES string of the molecule is CCN(CC)c1ccc2c(c1)Oc1cc(N(C)C)ccc1C21c2ccccc2C(=O)N1c1ccccc1. The van der Waals surface area contributed by atoms with Crippen molar-refractivity contribution in [3.05, 3.63) is 113 Å². The molecule has 4 aromatic carbocycles. The van der Waals surface area contributed by atoms with Crippen molar-refractivity contribution in [3.8, 4) is 11.5 Å². The van der Waals surface area contributed by atoms with Gasteiger partial charge in [0, 0.05) is 78.6 Å². The lowest BCUT2D eigenvalue weighted by molar-refractivity contribution is 0.0986. The van der Waals surface area contributed by atoms with Gasteiger partial charge in [0.1, 0.15) is 17.0 Å². The van der Waals surface area contributed by atoms with Crippen molar-refractivity contribution in [1.82, 2.24) is 0 Å². The number of carbonyl (C=O) groups excluding carboxylic acids is 1. The fraction of sp³-hybridized carbons (Fsp3) is 0.219. The normalized spacial score (nSPS) is 17.2. The summed E-state index contributed by atoms with van der Waals surface area (Å²) in [6.45, 7) is 6.12. The van der Waals surface area contributed by atoms with Gasteiger partial charge in [0.15, 0.2) is 0 Å². The Morgan fingerprint density at radius 1 is 0.730 bits per heavy atom. The Bertz CT molecular complexity index is 1490. The lowest BCUT2D eigenvalue weighted by atomic mass is 9.74. The fourth-order valence-corrected chi connectivity index (χ4v) is 5.91. The minimum absolute atomic E-state index is 0.00916. The first kappa shape index (κ1) is 23.2. The Labute approximate surface area is 218 Å². The van der Waals surface area contributed by atoms with E-state index >= 15 is 0 Å². The third-order valence-electron chi connectivity index (χ3n) is 7.68. The molecule has 5 nitrogen and oxygen atoms in total. The van der Waals surface area contributed by atoms with Crippen molar-refractivity contribution in [1.29, 1.82) is 0 Å². The molecule has 0 aliphatic carbocycles. The van der Waals surface area contributed by atoms with Gasteiger partial charge in [-0.15, -0.1) is 0 Å². The molecule has 5 heteroatoms. The van der Waals surface area contributed by atoms with Crippen molar-refractivity contribution < 1.29 is 9.53 Å². The van der Waals surface area contributed by atoms with Gasteiger partial charge in [0.25, 0.3) is 5.91 Å². The van der Waals surface area contributed by atoms with Gasteiger partial charge >= 0.3 is 0 Å². The number of nitrogens with zero attached hydrogens (tertiary/aromatic N) is 3. The number of hydrogen-bond donors (Lipinski definition) is 0. The molecular formula is C32H31N3O2. The monoisotopic (exact) mass is 489 g/mol. The highest BCUT2D eigenvalue weighted by molar-refractivity contribution is 6.14. The van der Waals surface area contributed by atoms with E-state index in [4.69, 9.17) is 4.74 Å². The van der Waals surface area contributed by atoms with E-state index in [0.29, 0.717) is 0 Å². The van der Waals surface area contributed by atoms with E-state index in [1.165, 1.54) is 0 Å². The molecule has 1 amide bonds. The molecular weight excluding hydrogens is 458 g/mol. The molecule has 2 heterocycles. The van der Waals surface area contributed by atoms with Crippen LogP contribution in [0.5, 0.6) is 11.5 Å². The number of rotatable bonds is 5. The van der Waals surface area contributed by atoms with Gasteiger partial charge in [-0.25, -0.2) is 0 Å². The van der Waals surface area contributed by atoms with Crippen LogP contribution >= 0.6 is 0 Å². The third-order valence-corrected chi connectivity index (χ3v) is 7.68. The first-order chi connectivity index (χ1) is 18.0. The smallest absolute Gasteiger partial charge is 0.260 e. The number of para-hydroxylation sites is 1. The average Bonchev–Trinajstić information content (AvgIpc) is 3.18. The van der Waals surface area contributed by atoms with E-state index in [0.717, 1.165) is 63.9 Å². The molecule has 0 saturated carbocycles. The van der Waals surface area contributed by atoms with E-state index in [9.17, 15) is 4.79 Å². The largest absolute Gasteiger partial charge is 0.456 e. The minimum Gasteiger partial charge on any atom is -0.456 e. The van der Waals surface area contributed by atoms with Crippen molar-refractivity contribution in [2.24, 2.45) is 0 Å². The maximum absolute atomic E-state index is 14.2. The molecule has 4 aromatic rings. The van der Waals surface area contributed by atoms with Gasteiger partial charge in [-0.05, 0) is 44.2 Å². The van der Waals surface area contributed by atoms with Crippen molar-refractivity contribution in [2.75, 3.05) is 41.9 Å². The van der Waals surface area contributed by atoms with Crippen LogP contribution in [0, 0.1) is 0 Å². The van der Waals surface area contributed by atoms with E-state index in [2.05, 4.69) is 66.1 Å². The molecule has 2 aliphatic rings. The summed E-state index contributed by atoms with van der Waals surface area (Å²) < 4.78 is 6.68. The number of fused-ring (bicyclic) bond motifs is 6. The van der Waals surface area contributed by atoms with Gasteiger partial charge < -0.3 is 14.5 Å². The Hall–Kier alpha value is -4.25. The van der Waals surface area contributed by atoms with Crippen LogP contribution in [0.1, 0.15) is 40.9 Å². The predicted octanol–water partition coefficient (Wildman–Crippen LogP) is 6.66. The van der Waals surface area contributed by atoms with Crippen LogP contribution in [-0.2, 0) is 5.54 Å². The number of amides is 1. The Morgan fingerprint density at radius 2 is 1.32 bits per heavy atom. The molecule has 0 radical (unpaired) electrons. The molecule has 2 aliphatic heterocycles. The molecule has 1 spiro atoms. The number of anilines is 3. The zero-order chi connectivity index (χ0) is 25.7. The third kappa shape index (κ3) is 3.27. The Kier molecular flexibility index (Phi) is 5.45. The van der Waals surface area contributed by atoms with Crippen LogP contribution in [-0.4, -0.2) is 33.1 Å². The van der Waals surface area contributed by atoms with Crippen LogP contribution in [0.25, 0.3) is 0 Å². The standard InChI is InChI=1S/C32H31N3O2/c1-5-34(6-2)24-17-19-28-30(21-24)37-29-20-23(33(3)4)16-18-27(29)32(28)26-15-11-10-14-25(26)31(36)35(32)22-12-8-7-9-13-22/h7-21H,5-6H2,1-4H3. The van der Waals surface area contributed by atoms with Crippen molar-refractivity contribution >= 4 is 23.0 Å². The maximum Gasteiger partial charge on any atom is 0.260 e. The van der Waals surface area contributed by atoms with Gasteiger partial charge in [0.05, 0.1) is 0 Å². The Balaban J connectivity index is 1.72. The summed E-state index contributed by atoms with van der Waals surface area (Å²) in [7, 11) is 4.05. The Morgan fingerprint density at radius 3 is 1.97 bits per heavy atom.